The van der Waals surface area contributed by atoms with Gasteiger partial charge in [0.15, 0.2) is 0 Å². The van der Waals surface area contributed by atoms with E-state index in [0.29, 0.717) is 17.9 Å². The first-order valence-electron chi connectivity index (χ1n) is 6.74. The summed E-state index contributed by atoms with van der Waals surface area (Å²) in [6, 6.07) is 12.3. The first kappa shape index (κ1) is 16.6. The molecule has 2 aromatic carbocycles. The van der Waals surface area contributed by atoms with Gasteiger partial charge < -0.3 is 10.4 Å². The molecule has 0 aromatic heterocycles. The van der Waals surface area contributed by atoms with E-state index < -0.39 is 16.0 Å². The lowest BCUT2D eigenvalue weighted by molar-refractivity contribution is 0.0696. The predicted molar refractivity (Wildman–Crippen MR) is 89.3 cm³/mol. The third kappa shape index (κ3) is 4.10. The van der Waals surface area contributed by atoms with Crippen LogP contribution < -0.4 is 10.0 Å². The number of benzene rings is 2. The smallest absolute Gasteiger partial charge is 0.335 e. The minimum Gasteiger partial charge on any atom is -0.478 e. The van der Waals surface area contributed by atoms with Crippen molar-refractivity contribution in [2.75, 3.05) is 16.6 Å². The molecule has 120 valence electrons. The van der Waals surface area contributed by atoms with Crippen molar-refractivity contribution < 1.29 is 18.3 Å². The first-order chi connectivity index (χ1) is 10.9. The van der Waals surface area contributed by atoms with Gasteiger partial charge in [-0.2, -0.15) is 0 Å². The van der Waals surface area contributed by atoms with Crippen LogP contribution in [0.4, 0.5) is 11.4 Å². The lowest BCUT2D eigenvalue weighted by atomic mass is 10.2. The molecule has 0 unspecified atom stereocenters. The molecular weight excluding hydrogens is 316 g/mol. The fraction of sp³-hybridized carbons (Fsp3) is 0.0625. The Hall–Kier alpha value is -2.80. The molecule has 2 aromatic rings. The van der Waals surface area contributed by atoms with E-state index in [1.54, 1.807) is 36.4 Å². The average molecular weight is 332 g/mol. The summed E-state index contributed by atoms with van der Waals surface area (Å²) in [6.07, 6.45) is 1.58. The second-order valence-corrected chi connectivity index (χ2v) is 6.31. The molecular formula is C16H16N2O4S. The molecule has 0 aliphatic heterocycles. The molecule has 0 fully saturated rings. The molecule has 0 atom stereocenters. The molecule has 2 rings (SSSR count). The second-order valence-electron chi connectivity index (χ2n) is 4.66. The van der Waals surface area contributed by atoms with E-state index in [1.165, 1.54) is 12.1 Å². The first-order valence-corrected chi connectivity index (χ1v) is 8.22. The number of para-hydroxylation sites is 1. The van der Waals surface area contributed by atoms with Gasteiger partial charge in [0.2, 0.25) is 0 Å². The SMILES string of the molecule is C=CCNc1ccc(C(=O)O)cc1S(=O)(=O)Nc1ccccc1. The van der Waals surface area contributed by atoms with Crippen LogP contribution >= 0.6 is 0 Å². The van der Waals surface area contributed by atoms with Gasteiger partial charge in [-0.25, -0.2) is 13.2 Å². The third-order valence-corrected chi connectivity index (χ3v) is 4.40. The van der Waals surface area contributed by atoms with E-state index in [4.69, 9.17) is 5.11 Å². The van der Waals surface area contributed by atoms with Crippen molar-refractivity contribution in [3.63, 3.8) is 0 Å². The van der Waals surface area contributed by atoms with Crippen LogP contribution in [0.2, 0.25) is 0 Å². The van der Waals surface area contributed by atoms with E-state index in [2.05, 4.69) is 16.6 Å². The maximum atomic E-state index is 12.6. The minimum absolute atomic E-state index is 0.109. The van der Waals surface area contributed by atoms with Crippen LogP contribution in [0.25, 0.3) is 0 Å². The molecule has 0 spiro atoms. The topological polar surface area (TPSA) is 95.5 Å². The van der Waals surface area contributed by atoms with E-state index in [1.807, 2.05) is 0 Å². The van der Waals surface area contributed by atoms with Crippen molar-refractivity contribution >= 4 is 27.4 Å². The molecule has 0 saturated heterocycles. The number of hydrogen-bond donors (Lipinski definition) is 3. The Morgan fingerprint density at radius 2 is 1.87 bits per heavy atom. The predicted octanol–water partition coefficient (Wildman–Crippen LogP) is 2.78. The standard InChI is InChI=1S/C16H16N2O4S/c1-2-10-17-14-9-8-12(16(19)20)11-15(14)23(21,22)18-13-6-4-3-5-7-13/h2-9,11,17-18H,1,10H2,(H,19,20). The number of carboxylic acid groups (broad SMARTS) is 1. The van der Waals surface area contributed by atoms with Gasteiger partial charge in [0.05, 0.1) is 11.3 Å². The van der Waals surface area contributed by atoms with Crippen LogP contribution in [0, 0.1) is 0 Å². The zero-order valence-electron chi connectivity index (χ0n) is 12.2. The van der Waals surface area contributed by atoms with Crippen molar-refractivity contribution in [1.82, 2.24) is 0 Å². The van der Waals surface area contributed by atoms with E-state index >= 15 is 0 Å². The van der Waals surface area contributed by atoms with Crippen molar-refractivity contribution in [2.45, 2.75) is 4.90 Å². The van der Waals surface area contributed by atoms with Gasteiger partial charge in [-0.3, -0.25) is 4.72 Å². The minimum atomic E-state index is -3.94. The number of sulfonamides is 1. The van der Waals surface area contributed by atoms with Crippen LogP contribution in [0.1, 0.15) is 10.4 Å². The second kappa shape index (κ2) is 6.97. The number of nitrogens with one attached hydrogen (secondary N) is 2. The molecule has 23 heavy (non-hydrogen) atoms. The Morgan fingerprint density at radius 3 is 2.48 bits per heavy atom. The molecule has 0 amide bonds. The molecule has 3 N–H and O–H groups in total. The largest absolute Gasteiger partial charge is 0.478 e. The van der Waals surface area contributed by atoms with Crippen LogP contribution in [0.15, 0.2) is 66.1 Å². The van der Waals surface area contributed by atoms with E-state index in [-0.39, 0.29) is 10.5 Å². The fourth-order valence-electron chi connectivity index (χ4n) is 1.92. The molecule has 0 bridgehead atoms. The van der Waals surface area contributed by atoms with Crippen molar-refractivity contribution in [3.8, 4) is 0 Å². The van der Waals surface area contributed by atoms with Gasteiger partial charge in [0.1, 0.15) is 4.90 Å². The summed E-state index contributed by atoms with van der Waals surface area (Å²) < 4.78 is 27.6. The summed E-state index contributed by atoms with van der Waals surface area (Å²) in [5.41, 5.74) is 0.587. The quantitative estimate of drug-likeness (QED) is 0.678. The summed E-state index contributed by atoms with van der Waals surface area (Å²) in [7, 11) is -3.94. The Morgan fingerprint density at radius 1 is 1.17 bits per heavy atom. The Labute approximate surface area is 134 Å². The van der Waals surface area contributed by atoms with Crippen molar-refractivity contribution in [3.05, 3.63) is 66.7 Å². The van der Waals surface area contributed by atoms with Crippen LogP contribution in [0.3, 0.4) is 0 Å². The summed E-state index contributed by atoms with van der Waals surface area (Å²) in [5.74, 6) is -1.20. The number of hydrogen-bond acceptors (Lipinski definition) is 4. The molecule has 0 radical (unpaired) electrons. The fourth-order valence-corrected chi connectivity index (χ4v) is 3.19. The Kier molecular flexibility index (Phi) is 5.02. The van der Waals surface area contributed by atoms with Gasteiger partial charge in [0.25, 0.3) is 10.0 Å². The van der Waals surface area contributed by atoms with Crippen molar-refractivity contribution in [2.24, 2.45) is 0 Å². The molecule has 0 aliphatic rings. The summed E-state index contributed by atoms with van der Waals surface area (Å²) in [5, 5.41) is 12.0. The monoisotopic (exact) mass is 332 g/mol. The van der Waals surface area contributed by atoms with E-state index in [0.717, 1.165) is 6.07 Å². The number of anilines is 2. The highest BCUT2D eigenvalue weighted by Gasteiger charge is 2.20. The molecule has 7 heteroatoms. The van der Waals surface area contributed by atoms with Crippen molar-refractivity contribution in [1.29, 1.82) is 0 Å². The van der Waals surface area contributed by atoms with Gasteiger partial charge in [-0.1, -0.05) is 24.3 Å². The summed E-state index contributed by atoms with van der Waals surface area (Å²) in [6.45, 7) is 3.91. The van der Waals surface area contributed by atoms with Crippen LogP contribution in [0.5, 0.6) is 0 Å². The maximum absolute atomic E-state index is 12.6. The zero-order valence-corrected chi connectivity index (χ0v) is 13.0. The molecule has 0 saturated carbocycles. The van der Waals surface area contributed by atoms with Crippen LogP contribution in [-0.2, 0) is 10.0 Å². The Balaban J connectivity index is 2.46. The normalized spacial score (nSPS) is 10.8. The summed E-state index contributed by atoms with van der Waals surface area (Å²) >= 11 is 0. The lowest BCUT2D eigenvalue weighted by Crippen LogP contribution is -2.16. The molecule has 6 nitrogen and oxygen atoms in total. The Bertz CT molecular complexity index is 817. The highest BCUT2D eigenvalue weighted by Crippen LogP contribution is 2.25. The molecule has 0 aliphatic carbocycles. The number of rotatable bonds is 7. The number of aromatic carboxylic acids is 1. The highest BCUT2D eigenvalue weighted by molar-refractivity contribution is 7.92. The average Bonchev–Trinajstić information content (AvgIpc) is 2.53. The number of carboxylic acids is 1. The van der Waals surface area contributed by atoms with E-state index in [9.17, 15) is 13.2 Å². The highest BCUT2D eigenvalue weighted by atomic mass is 32.2. The van der Waals surface area contributed by atoms with Gasteiger partial charge in [-0.05, 0) is 30.3 Å². The number of carbonyl (C=O) groups is 1. The summed E-state index contributed by atoms with van der Waals surface area (Å²) in [4.78, 5) is 11.0. The zero-order chi connectivity index (χ0) is 16.9. The lowest BCUT2D eigenvalue weighted by Gasteiger charge is -2.14. The van der Waals surface area contributed by atoms with Gasteiger partial charge >= 0.3 is 5.97 Å². The van der Waals surface area contributed by atoms with Gasteiger partial charge in [-0.15, -0.1) is 6.58 Å². The van der Waals surface area contributed by atoms with Crippen LogP contribution in [-0.4, -0.2) is 26.0 Å². The maximum Gasteiger partial charge on any atom is 0.335 e. The molecule has 0 heterocycles. The van der Waals surface area contributed by atoms with Gasteiger partial charge in [0, 0.05) is 12.2 Å². The third-order valence-electron chi connectivity index (χ3n) is 2.98.